The molecule has 7 heteroatoms. The molecule has 1 amide bonds. The Bertz CT molecular complexity index is 974. The van der Waals surface area contributed by atoms with Crippen molar-refractivity contribution in [1.29, 1.82) is 0 Å². The van der Waals surface area contributed by atoms with Crippen LogP contribution in [0.25, 0.3) is 0 Å². The van der Waals surface area contributed by atoms with Crippen LogP contribution in [-0.2, 0) is 4.74 Å². The number of esters is 1. The Kier molecular flexibility index (Phi) is 5.68. The second-order valence-electron chi connectivity index (χ2n) is 5.55. The standard InChI is InChI=1S/C20H16ClN3O3/c1-27-20(26)16-4-2-3-5-17(16)24-19(25)13-10-11-22-18(12-13)23-15-8-6-14(21)7-9-15/h2-12H,1H3,(H,22,23)(H,24,25). The van der Waals surface area contributed by atoms with Crippen LogP contribution in [0, 0.1) is 0 Å². The average Bonchev–Trinajstić information content (AvgIpc) is 2.70. The van der Waals surface area contributed by atoms with E-state index in [1.807, 2.05) is 12.1 Å². The van der Waals surface area contributed by atoms with Gasteiger partial charge in [-0.1, -0.05) is 23.7 Å². The first-order chi connectivity index (χ1) is 13.1. The minimum atomic E-state index is -0.522. The van der Waals surface area contributed by atoms with E-state index >= 15 is 0 Å². The first-order valence-corrected chi connectivity index (χ1v) is 8.42. The molecule has 0 unspecified atom stereocenters. The van der Waals surface area contributed by atoms with Gasteiger partial charge in [-0.2, -0.15) is 0 Å². The summed E-state index contributed by atoms with van der Waals surface area (Å²) in [5, 5.41) is 6.46. The van der Waals surface area contributed by atoms with Crippen molar-refractivity contribution >= 4 is 40.7 Å². The lowest BCUT2D eigenvalue weighted by molar-refractivity contribution is 0.0602. The molecule has 0 aliphatic carbocycles. The third-order valence-corrected chi connectivity index (χ3v) is 3.97. The summed E-state index contributed by atoms with van der Waals surface area (Å²) in [7, 11) is 1.29. The number of halogens is 1. The zero-order chi connectivity index (χ0) is 19.2. The van der Waals surface area contributed by atoms with Crippen molar-refractivity contribution in [3.05, 3.63) is 83.0 Å². The molecule has 3 rings (SSSR count). The molecule has 0 spiro atoms. The Morgan fingerprint density at radius 2 is 1.78 bits per heavy atom. The zero-order valence-corrected chi connectivity index (χ0v) is 15.2. The first-order valence-electron chi connectivity index (χ1n) is 8.04. The number of carbonyl (C=O) groups is 2. The predicted octanol–water partition coefficient (Wildman–Crippen LogP) is 4.52. The number of rotatable bonds is 5. The number of aromatic nitrogens is 1. The summed E-state index contributed by atoms with van der Waals surface area (Å²) in [5.74, 6) is -0.384. The minimum Gasteiger partial charge on any atom is -0.465 e. The van der Waals surface area contributed by atoms with E-state index in [1.54, 1.807) is 48.5 Å². The predicted molar refractivity (Wildman–Crippen MR) is 105 cm³/mol. The van der Waals surface area contributed by atoms with E-state index in [4.69, 9.17) is 16.3 Å². The van der Waals surface area contributed by atoms with Gasteiger partial charge in [0.25, 0.3) is 5.91 Å². The third-order valence-electron chi connectivity index (χ3n) is 3.72. The van der Waals surface area contributed by atoms with E-state index in [1.165, 1.54) is 13.3 Å². The van der Waals surface area contributed by atoms with Crippen molar-refractivity contribution in [2.45, 2.75) is 0 Å². The molecular formula is C20H16ClN3O3. The smallest absolute Gasteiger partial charge is 0.339 e. The van der Waals surface area contributed by atoms with Crippen LogP contribution >= 0.6 is 11.6 Å². The molecule has 3 aromatic rings. The lowest BCUT2D eigenvalue weighted by Crippen LogP contribution is -2.15. The van der Waals surface area contributed by atoms with Crippen molar-refractivity contribution in [2.24, 2.45) is 0 Å². The van der Waals surface area contributed by atoms with Gasteiger partial charge >= 0.3 is 5.97 Å². The molecule has 1 heterocycles. The van der Waals surface area contributed by atoms with E-state index in [0.29, 0.717) is 22.1 Å². The second kappa shape index (κ2) is 8.33. The Hall–Kier alpha value is -3.38. The number of carbonyl (C=O) groups excluding carboxylic acids is 2. The number of nitrogens with one attached hydrogen (secondary N) is 2. The van der Waals surface area contributed by atoms with Crippen LogP contribution in [0.3, 0.4) is 0 Å². The van der Waals surface area contributed by atoms with Crippen LogP contribution in [0.4, 0.5) is 17.2 Å². The fraction of sp³-hybridized carbons (Fsp3) is 0.0500. The van der Waals surface area contributed by atoms with Crippen molar-refractivity contribution < 1.29 is 14.3 Å². The highest BCUT2D eigenvalue weighted by atomic mass is 35.5. The van der Waals surface area contributed by atoms with Crippen LogP contribution in [0.1, 0.15) is 20.7 Å². The van der Waals surface area contributed by atoms with E-state index in [-0.39, 0.29) is 11.5 Å². The molecule has 136 valence electrons. The number of hydrogen-bond donors (Lipinski definition) is 2. The van der Waals surface area contributed by atoms with Gasteiger partial charge in [0.2, 0.25) is 0 Å². The number of methoxy groups -OCH3 is 1. The highest BCUT2D eigenvalue weighted by molar-refractivity contribution is 6.30. The maximum absolute atomic E-state index is 12.6. The molecule has 0 fully saturated rings. The van der Waals surface area contributed by atoms with Crippen LogP contribution in [0.5, 0.6) is 0 Å². The topological polar surface area (TPSA) is 80.3 Å². The third kappa shape index (κ3) is 4.62. The Morgan fingerprint density at radius 3 is 2.52 bits per heavy atom. The SMILES string of the molecule is COC(=O)c1ccccc1NC(=O)c1ccnc(Nc2ccc(Cl)cc2)c1. The first kappa shape index (κ1) is 18.4. The number of para-hydroxylation sites is 1. The van der Waals surface area contributed by atoms with E-state index in [2.05, 4.69) is 15.6 Å². The molecular weight excluding hydrogens is 366 g/mol. The molecule has 0 radical (unpaired) electrons. The number of hydrogen-bond acceptors (Lipinski definition) is 5. The summed E-state index contributed by atoms with van der Waals surface area (Å²) in [4.78, 5) is 28.6. The Morgan fingerprint density at radius 1 is 1.04 bits per heavy atom. The second-order valence-corrected chi connectivity index (χ2v) is 5.99. The fourth-order valence-corrected chi connectivity index (χ4v) is 2.52. The average molecular weight is 382 g/mol. The summed E-state index contributed by atoms with van der Waals surface area (Å²) in [6, 6.07) is 17.0. The molecule has 6 nitrogen and oxygen atoms in total. The molecule has 27 heavy (non-hydrogen) atoms. The van der Waals surface area contributed by atoms with Crippen LogP contribution < -0.4 is 10.6 Å². The normalized spacial score (nSPS) is 10.1. The van der Waals surface area contributed by atoms with Crippen molar-refractivity contribution in [2.75, 3.05) is 17.7 Å². The molecule has 1 aromatic heterocycles. The summed E-state index contributed by atoms with van der Waals surface area (Å²) in [5.41, 5.74) is 1.84. The van der Waals surface area contributed by atoms with Crippen molar-refractivity contribution in [3.63, 3.8) is 0 Å². The number of nitrogens with zero attached hydrogens (tertiary/aromatic N) is 1. The van der Waals surface area contributed by atoms with E-state index in [9.17, 15) is 9.59 Å². The van der Waals surface area contributed by atoms with Gasteiger partial charge in [0.05, 0.1) is 18.4 Å². The van der Waals surface area contributed by atoms with Gasteiger partial charge in [0.1, 0.15) is 5.82 Å². The van der Waals surface area contributed by atoms with E-state index in [0.717, 1.165) is 5.69 Å². The summed E-state index contributed by atoms with van der Waals surface area (Å²) >= 11 is 5.87. The van der Waals surface area contributed by atoms with Gasteiger partial charge < -0.3 is 15.4 Å². The van der Waals surface area contributed by atoms with E-state index < -0.39 is 5.97 Å². The van der Waals surface area contributed by atoms with Crippen LogP contribution in [-0.4, -0.2) is 24.0 Å². The lowest BCUT2D eigenvalue weighted by atomic mass is 10.1. The number of amides is 1. The van der Waals surface area contributed by atoms with Crippen molar-refractivity contribution in [3.8, 4) is 0 Å². The van der Waals surface area contributed by atoms with Crippen LogP contribution in [0.15, 0.2) is 66.9 Å². The van der Waals surface area contributed by atoms with Crippen molar-refractivity contribution in [1.82, 2.24) is 4.98 Å². The molecule has 0 bridgehead atoms. The lowest BCUT2D eigenvalue weighted by Gasteiger charge is -2.11. The van der Waals surface area contributed by atoms with Gasteiger partial charge in [-0.25, -0.2) is 9.78 Å². The number of anilines is 3. The zero-order valence-electron chi connectivity index (χ0n) is 14.4. The molecule has 2 aromatic carbocycles. The van der Waals surface area contributed by atoms with Gasteiger partial charge in [0.15, 0.2) is 0 Å². The van der Waals surface area contributed by atoms with Crippen LogP contribution in [0.2, 0.25) is 5.02 Å². The summed E-state index contributed by atoms with van der Waals surface area (Å²) in [6.07, 6.45) is 1.53. The maximum atomic E-state index is 12.6. The van der Waals surface area contributed by atoms with Gasteiger partial charge in [-0.05, 0) is 48.5 Å². The summed E-state index contributed by atoms with van der Waals surface area (Å²) in [6.45, 7) is 0. The van der Waals surface area contributed by atoms with Gasteiger partial charge in [-0.3, -0.25) is 4.79 Å². The highest BCUT2D eigenvalue weighted by Crippen LogP contribution is 2.20. The molecule has 0 aliphatic rings. The Labute approximate surface area is 161 Å². The highest BCUT2D eigenvalue weighted by Gasteiger charge is 2.14. The molecule has 0 atom stereocenters. The monoisotopic (exact) mass is 381 g/mol. The quantitative estimate of drug-likeness (QED) is 0.635. The fourth-order valence-electron chi connectivity index (χ4n) is 2.40. The largest absolute Gasteiger partial charge is 0.465 e. The molecule has 0 saturated carbocycles. The molecule has 0 saturated heterocycles. The number of benzene rings is 2. The number of ether oxygens (including phenoxy) is 1. The molecule has 0 aliphatic heterocycles. The Balaban J connectivity index is 1.78. The van der Waals surface area contributed by atoms with Gasteiger partial charge in [0, 0.05) is 22.5 Å². The summed E-state index contributed by atoms with van der Waals surface area (Å²) < 4.78 is 4.74. The maximum Gasteiger partial charge on any atom is 0.339 e. The molecule has 2 N–H and O–H groups in total. The number of pyridine rings is 1. The van der Waals surface area contributed by atoms with Gasteiger partial charge in [-0.15, -0.1) is 0 Å². The minimum absolute atomic E-state index is 0.280.